The van der Waals surface area contributed by atoms with Crippen LogP contribution in [0.25, 0.3) is 0 Å². The molecule has 0 aromatic carbocycles. The Morgan fingerprint density at radius 1 is 1.26 bits per heavy atom. The molecule has 0 amide bonds. The molecule has 0 spiro atoms. The van der Waals surface area contributed by atoms with Gasteiger partial charge in [-0.15, -0.1) is 0 Å². The van der Waals surface area contributed by atoms with Gasteiger partial charge >= 0.3 is 0 Å². The zero-order valence-corrected chi connectivity index (χ0v) is 14.0. The van der Waals surface area contributed by atoms with Crippen molar-refractivity contribution in [1.82, 2.24) is 14.3 Å². The summed E-state index contributed by atoms with van der Waals surface area (Å²) in [7, 11) is -3.44. The molecule has 23 heavy (non-hydrogen) atoms. The maximum absolute atomic E-state index is 12.7. The SMILES string of the molecule is Cc1ccc(CC2CCCN(S(=O)(=O)c3cccnc3)C2)cn1. The molecule has 6 heteroatoms. The number of hydrogen-bond donors (Lipinski definition) is 0. The van der Waals surface area contributed by atoms with Gasteiger partial charge in [0, 0.05) is 37.4 Å². The summed E-state index contributed by atoms with van der Waals surface area (Å²) >= 11 is 0. The summed E-state index contributed by atoms with van der Waals surface area (Å²) in [4.78, 5) is 8.52. The van der Waals surface area contributed by atoms with Gasteiger partial charge in [0.1, 0.15) is 4.90 Å². The number of aryl methyl sites for hydroxylation is 1. The average molecular weight is 331 g/mol. The van der Waals surface area contributed by atoms with Gasteiger partial charge in [-0.2, -0.15) is 4.31 Å². The summed E-state index contributed by atoms with van der Waals surface area (Å²) < 4.78 is 27.0. The molecular formula is C17H21N3O2S. The first-order valence-electron chi connectivity index (χ1n) is 7.87. The van der Waals surface area contributed by atoms with Crippen LogP contribution in [0.4, 0.5) is 0 Å². The van der Waals surface area contributed by atoms with Gasteiger partial charge < -0.3 is 0 Å². The van der Waals surface area contributed by atoms with Crippen molar-refractivity contribution in [1.29, 1.82) is 0 Å². The summed E-state index contributed by atoms with van der Waals surface area (Å²) in [5, 5.41) is 0. The molecule has 5 nitrogen and oxygen atoms in total. The number of sulfonamides is 1. The molecule has 3 rings (SSSR count). The van der Waals surface area contributed by atoms with E-state index in [1.807, 2.05) is 19.2 Å². The van der Waals surface area contributed by atoms with Crippen molar-refractivity contribution in [2.45, 2.75) is 31.1 Å². The van der Waals surface area contributed by atoms with E-state index in [-0.39, 0.29) is 4.90 Å². The maximum atomic E-state index is 12.7. The van der Waals surface area contributed by atoms with Crippen LogP contribution in [0.3, 0.4) is 0 Å². The third-order valence-corrected chi connectivity index (χ3v) is 6.10. The van der Waals surface area contributed by atoms with Gasteiger partial charge in [-0.05, 0) is 55.9 Å². The van der Waals surface area contributed by atoms with E-state index in [4.69, 9.17) is 0 Å². The summed E-state index contributed by atoms with van der Waals surface area (Å²) in [6.07, 6.45) is 7.71. The van der Waals surface area contributed by atoms with E-state index in [9.17, 15) is 8.42 Å². The van der Waals surface area contributed by atoms with Crippen LogP contribution in [0.5, 0.6) is 0 Å². The van der Waals surface area contributed by atoms with Crippen LogP contribution < -0.4 is 0 Å². The van der Waals surface area contributed by atoms with Crippen LogP contribution in [-0.2, 0) is 16.4 Å². The fourth-order valence-corrected chi connectivity index (χ4v) is 4.53. The van der Waals surface area contributed by atoms with Crippen LogP contribution in [-0.4, -0.2) is 35.8 Å². The summed E-state index contributed by atoms with van der Waals surface area (Å²) in [6, 6.07) is 7.35. The van der Waals surface area contributed by atoms with Crippen molar-refractivity contribution in [3.05, 3.63) is 54.1 Å². The Bertz CT molecular complexity index is 745. The van der Waals surface area contributed by atoms with E-state index in [1.165, 1.54) is 11.8 Å². The number of aromatic nitrogens is 2. The number of hydrogen-bond acceptors (Lipinski definition) is 4. The molecule has 0 saturated carbocycles. The maximum Gasteiger partial charge on any atom is 0.244 e. The average Bonchev–Trinajstić information content (AvgIpc) is 2.58. The van der Waals surface area contributed by atoms with Gasteiger partial charge in [-0.25, -0.2) is 8.42 Å². The van der Waals surface area contributed by atoms with Gasteiger partial charge in [-0.1, -0.05) is 6.07 Å². The standard InChI is InChI=1S/C17H21N3O2S/c1-14-6-7-15(11-19-14)10-16-4-3-9-20(13-16)23(21,22)17-5-2-8-18-12-17/h2,5-8,11-12,16H,3-4,9-10,13H2,1H3. The molecule has 2 aromatic rings. The third-order valence-electron chi connectivity index (χ3n) is 4.25. The van der Waals surface area contributed by atoms with Crippen molar-refractivity contribution in [2.24, 2.45) is 5.92 Å². The highest BCUT2D eigenvalue weighted by Gasteiger charge is 2.30. The highest BCUT2D eigenvalue weighted by molar-refractivity contribution is 7.89. The number of nitrogens with zero attached hydrogens (tertiary/aromatic N) is 3. The quantitative estimate of drug-likeness (QED) is 0.863. The molecule has 0 aliphatic carbocycles. The Morgan fingerprint density at radius 3 is 2.83 bits per heavy atom. The lowest BCUT2D eigenvalue weighted by atomic mass is 9.93. The second-order valence-electron chi connectivity index (χ2n) is 6.07. The van der Waals surface area contributed by atoms with Gasteiger partial charge in [-0.3, -0.25) is 9.97 Å². The molecule has 0 bridgehead atoms. The summed E-state index contributed by atoms with van der Waals surface area (Å²) in [6.45, 7) is 3.11. The topological polar surface area (TPSA) is 63.2 Å². The first kappa shape index (κ1) is 16.1. The predicted molar refractivity (Wildman–Crippen MR) is 88.4 cm³/mol. The third kappa shape index (κ3) is 3.76. The lowest BCUT2D eigenvalue weighted by molar-refractivity contribution is 0.265. The molecule has 0 radical (unpaired) electrons. The van der Waals surface area contributed by atoms with Crippen LogP contribution >= 0.6 is 0 Å². The van der Waals surface area contributed by atoms with Gasteiger partial charge in [0.15, 0.2) is 0 Å². The van der Waals surface area contributed by atoms with E-state index < -0.39 is 10.0 Å². The lowest BCUT2D eigenvalue weighted by Crippen LogP contribution is -2.40. The molecule has 1 atom stereocenters. The van der Waals surface area contributed by atoms with Gasteiger partial charge in [0.05, 0.1) is 0 Å². The minimum absolute atomic E-state index is 0.276. The molecule has 1 aliphatic rings. The zero-order valence-electron chi connectivity index (χ0n) is 13.2. The molecule has 122 valence electrons. The minimum atomic E-state index is -3.44. The second-order valence-corrected chi connectivity index (χ2v) is 8.01. The normalized spacial score (nSPS) is 19.6. The van der Waals surface area contributed by atoms with Crippen LogP contribution in [0.2, 0.25) is 0 Å². The Hall–Kier alpha value is -1.79. The van der Waals surface area contributed by atoms with Crippen LogP contribution in [0.15, 0.2) is 47.8 Å². The van der Waals surface area contributed by atoms with Crippen molar-refractivity contribution in [2.75, 3.05) is 13.1 Å². The van der Waals surface area contributed by atoms with Gasteiger partial charge in [0.2, 0.25) is 10.0 Å². The minimum Gasteiger partial charge on any atom is -0.263 e. The van der Waals surface area contributed by atoms with Crippen molar-refractivity contribution in [3.8, 4) is 0 Å². The first-order valence-corrected chi connectivity index (χ1v) is 9.31. The van der Waals surface area contributed by atoms with Crippen molar-refractivity contribution in [3.63, 3.8) is 0 Å². The highest BCUT2D eigenvalue weighted by Crippen LogP contribution is 2.25. The van der Waals surface area contributed by atoms with E-state index in [1.54, 1.807) is 22.6 Å². The molecule has 1 fully saturated rings. The number of pyridine rings is 2. The van der Waals surface area contributed by atoms with E-state index >= 15 is 0 Å². The number of rotatable bonds is 4. The molecular weight excluding hydrogens is 310 g/mol. The van der Waals surface area contributed by atoms with Crippen molar-refractivity contribution >= 4 is 10.0 Å². The Morgan fingerprint density at radius 2 is 2.13 bits per heavy atom. The van der Waals surface area contributed by atoms with E-state index in [0.717, 1.165) is 25.0 Å². The summed E-state index contributed by atoms with van der Waals surface area (Å²) in [5.41, 5.74) is 2.17. The zero-order chi connectivity index (χ0) is 16.3. The molecule has 3 heterocycles. The van der Waals surface area contributed by atoms with Gasteiger partial charge in [0.25, 0.3) is 0 Å². The highest BCUT2D eigenvalue weighted by atomic mass is 32.2. The van der Waals surface area contributed by atoms with Crippen LogP contribution in [0, 0.1) is 12.8 Å². The predicted octanol–water partition coefficient (Wildman–Crippen LogP) is 2.43. The Kier molecular flexibility index (Phi) is 4.73. The lowest BCUT2D eigenvalue weighted by Gasteiger charge is -2.31. The van der Waals surface area contributed by atoms with E-state index in [2.05, 4.69) is 16.0 Å². The fraction of sp³-hybridized carbons (Fsp3) is 0.412. The number of piperidine rings is 1. The smallest absolute Gasteiger partial charge is 0.244 e. The first-order chi connectivity index (χ1) is 11.1. The molecule has 1 aliphatic heterocycles. The second kappa shape index (κ2) is 6.76. The molecule has 1 unspecified atom stereocenters. The Balaban J connectivity index is 1.72. The molecule has 2 aromatic heterocycles. The molecule has 1 saturated heterocycles. The Labute approximate surface area is 137 Å². The van der Waals surface area contributed by atoms with E-state index in [0.29, 0.717) is 19.0 Å². The monoisotopic (exact) mass is 331 g/mol. The largest absolute Gasteiger partial charge is 0.263 e. The summed E-state index contributed by atoms with van der Waals surface area (Å²) in [5.74, 6) is 0.333. The van der Waals surface area contributed by atoms with Crippen LogP contribution in [0.1, 0.15) is 24.1 Å². The molecule has 0 N–H and O–H groups in total. The fourth-order valence-electron chi connectivity index (χ4n) is 3.01. The van der Waals surface area contributed by atoms with Crippen molar-refractivity contribution < 1.29 is 8.42 Å².